The molecule has 0 aliphatic carbocycles. The zero-order valence-electron chi connectivity index (χ0n) is 13.9. The van der Waals surface area contributed by atoms with Gasteiger partial charge in [-0.3, -0.25) is 4.79 Å². The van der Waals surface area contributed by atoms with E-state index in [1.54, 1.807) is 18.2 Å². The number of nitrogens with one attached hydrogen (secondary N) is 1. The van der Waals surface area contributed by atoms with Gasteiger partial charge in [0.25, 0.3) is 5.56 Å². The van der Waals surface area contributed by atoms with Crippen molar-refractivity contribution in [2.75, 3.05) is 5.32 Å². The van der Waals surface area contributed by atoms with Crippen LogP contribution in [-0.2, 0) is 6.42 Å². The number of nitrogens with zero attached hydrogens (tertiary/aromatic N) is 3. The van der Waals surface area contributed by atoms with Crippen molar-refractivity contribution in [3.8, 4) is 0 Å². The van der Waals surface area contributed by atoms with Gasteiger partial charge in [0.15, 0.2) is 0 Å². The highest BCUT2D eigenvalue weighted by molar-refractivity contribution is 7.20. The molecule has 2 aromatic heterocycles. The van der Waals surface area contributed by atoms with Gasteiger partial charge in [0, 0.05) is 17.3 Å². The first kappa shape index (κ1) is 17.5. The number of halogens is 1. The average Bonchev–Trinajstić information content (AvgIpc) is 3.02. The maximum atomic E-state index is 13.9. The van der Waals surface area contributed by atoms with Crippen LogP contribution in [0.25, 0.3) is 4.96 Å². The van der Waals surface area contributed by atoms with Crippen LogP contribution in [0.5, 0.6) is 0 Å². The Kier molecular flexibility index (Phi) is 5.10. The first-order valence-corrected chi connectivity index (χ1v) is 8.94. The van der Waals surface area contributed by atoms with E-state index in [-0.39, 0.29) is 11.1 Å². The molecule has 8 heteroatoms. The molecule has 2 atom stereocenters. The van der Waals surface area contributed by atoms with Gasteiger partial charge in [0.05, 0.1) is 6.04 Å². The Hall–Kier alpha value is -2.32. The Morgan fingerprint density at radius 1 is 1.36 bits per heavy atom. The summed E-state index contributed by atoms with van der Waals surface area (Å²) < 4.78 is 15.2. The van der Waals surface area contributed by atoms with Gasteiger partial charge in [0.2, 0.25) is 10.1 Å². The quantitative estimate of drug-likeness (QED) is 0.705. The van der Waals surface area contributed by atoms with Crippen LogP contribution in [0.4, 0.5) is 9.52 Å². The fourth-order valence-corrected chi connectivity index (χ4v) is 3.48. The van der Waals surface area contributed by atoms with Crippen molar-refractivity contribution in [3.05, 3.63) is 57.8 Å². The van der Waals surface area contributed by atoms with Gasteiger partial charge in [-0.2, -0.15) is 4.52 Å². The third-order valence-corrected chi connectivity index (χ3v) is 4.85. The van der Waals surface area contributed by atoms with Crippen molar-refractivity contribution in [2.45, 2.75) is 38.8 Å². The lowest BCUT2D eigenvalue weighted by Gasteiger charge is -2.23. The molecule has 3 aromatic rings. The SMILES string of the molecule is CCc1cc(=O)n2nc(N[C@H](CC)[C@H](O)c3ccccc3F)sc2n1. The lowest BCUT2D eigenvalue weighted by atomic mass is 10.00. The zero-order chi connectivity index (χ0) is 18.0. The molecule has 0 saturated heterocycles. The summed E-state index contributed by atoms with van der Waals surface area (Å²) in [6.45, 7) is 3.81. The van der Waals surface area contributed by atoms with Gasteiger partial charge in [0.1, 0.15) is 11.9 Å². The summed E-state index contributed by atoms with van der Waals surface area (Å²) in [5, 5.41) is 18.3. The molecular formula is C17H19FN4O2S. The number of fused-ring (bicyclic) bond motifs is 1. The second-order valence-corrected chi connectivity index (χ2v) is 6.62. The van der Waals surface area contributed by atoms with E-state index in [0.717, 1.165) is 0 Å². The highest BCUT2D eigenvalue weighted by atomic mass is 32.1. The number of anilines is 1. The number of aromatic nitrogens is 3. The van der Waals surface area contributed by atoms with Gasteiger partial charge < -0.3 is 10.4 Å². The minimum absolute atomic E-state index is 0.228. The maximum absolute atomic E-state index is 13.9. The molecule has 0 aliphatic heterocycles. The molecule has 0 saturated carbocycles. The van der Waals surface area contributed by atoms with E-state index < -0.39 is 18.0 Å². The lowest BCUT2D eigenvalue weighted by Crippen LogP contribution is -2.27. The van der Waals surface area contributed by atoms with E-state index in [1.165, 1.54) is 28.0 Å². The molecule has 2 heterocycles. The first-order chi connectivity index (χ1) is 12.0. The van der Waals surface area contributed by atoms with Crippen molar-refractivity contribution < 1.29 is 9.50 Å². The number of hydrogen-bond donors (Lipinski definition) is 2. The Bertz CT molecular complexity index is 940. The minimum Gasteiger partial charge on any atom is -0.386 e. The zero-order valence-corrected chi connectivity index (χ0v) is 14.8. The van der Waals surface area contributed by atoms with Crippen LogP contribution in [0.3, 0.4) is 0 Å². The molecule has 0 unspecified atom stereocenters. The van der Waals surface area contributed by atoms with Crippen LogP contribution in [0, 0.1) is 5.82 Å². The van der Waals surface area contributed by atoms with Gasteiger partial charge in [-0.1, -0.05) is 43.4 Å². The number of benzene rings is 1. The molecule has 25 heavy (non-hydrogen) atoms. The number of aryl methyl sites for hydroxylation is 1. The van der Waals surface area contributed by atoms with Gasteiger partial charge in [-0.05, 0) is 18.9 Å². The van der Waals surface area contributed by atoms with Gasteiger partial charge >= 0.3 is 0 Å². The highest BCUT2D eigenvalue weighted by Gasteiger charge is 2.23. The summed E-state index contributed by atoms with van der Waals surface area (Å²) >= 11 is 1.23. The fraction of sp³-hybridized carbons (Fsp3) is 0.353. The molecule has 3 rings (SSSR count). The van der Waals surface area contributed by atoms with E-state index in [1.807, 2.05) is 13.8 Å². The summed E-state index contributed by atoms with van der Waals surface area (Å²) in [7, 11) is 0. The summed E-state index contributed by atoms with van der Waals surface area (Å²) in [4.78, 5) is 16.9. The van der Waals surface area contributed by atoms with Gasteiger partial charge in [-0.15, -0.1) is 5.10 Å². The summed E-state index contributed by atoms with van der Waals surface area (Å²) in [6, 6.07) is 7.15. The van der Waals surface area contributed by atoms with Crippen molar-refractivity contribution in [3.63, 3.8) is 0 Å². The predicted octanol–water partition coefficient (Wildman–Crippen LogP) is 2.78. The first-order valence-electron chi connectivity index (χ1n) is 8.12. The van der Waals surface area contributed by atoms with Crippen LogP contribution in [0.2, 0.25) is 0 Å². The molecule has 0 aliphatic rings. The predicted molar refractivity (Wildman–Crippen MR) is 95.6 cm³/mol. The number of aliphatic hydroxyl groups excluding tert-OH is 1. The van der Waals surface area contributed by atoms with Crippen molar-refractivity contribution in [2.24, 2.45) is 0 Å². The number of hydrogen-bond acceptors (Lipinski definition) is 6. The minimum atomic E-state index is -1.03. The third kappa shape index (κ3) is 3.54. The topological polar surface area (TPSA) is 79.5 Å². The Labute approximate surface area is 148 Å². The summed E-state index contributed by atoms with van der Waals surface area (Å²) in [6.07, 6.45) is 0.179. The fourth-order valence-electron chi connectivity index (χ4n) is 2.59. The second-order valence-electron chi connectivity index (χ2n) is 5.67. The number of aliphatic hydroxyl groups is 1. The molecular weight excluding hydrogens is 343 g/mol. The van der Waals surface area contributed by atoms with Crippen LogP contribution in [-0.4, -0.2) is 25.7 Å². The lowest BCUT2D eigenvalue weighted by molar-refractivity contribution is 0.148. The standard InChI is InChI=1S/C17H19FN4O2S/c1-3-10-9-14(23)22-17(19-10)25-16(21-22)20-13(4-2)15(24)11-7-5-6-8-12(11)18/h5-9,13,15,24H,3-4H2,1-2H3,(H,20,21)/t13-,15-/m1/s1. The Balaban J connectivity index is 1.89. The third-order valence-electron chi connectivity index (χ3n) is 4.01. The van der Waals surface area contributed by atoms with E-state index in [2.05, 4.69) is 15.4 Å². The summed E-state index contributed by atoms with van der Waals surface area (Å²) in [5.74, 6) is -0.454. The Morgan fingerprint density at radius 2 is 2.12 bits per heavy atom. The van der Waals surface area contributed by atoms with E-state index >= 15 is 0 Å². The van der Waals surface area contributed by atoms with E-state index in [4.69, 9.17) is 0 Å². The van der Waals surface area contributed by atoms with Crippen LogP contribution in [0.1, 0.15) is 37.6 Å². The largest absolute Gasteiger partial charge is 0.386 e. The molecule has 132 valence electrons. The molecule has 0 fully saturated rings. The normalized spacial score (nSPS) is 13.8. The summed E-state index contributed by atoms with van der Waals surface area (Å²) in [5.41, 5.74) is 0.694. The molecule has 0 radical (unpaired) electrons. The molecule has 6 nitrogen and oxygen atoms in total. The average molecular weight is 362 g/mol. The molecule has 0 spiro atoms. The smallest absolute Gasteiger partial charge is 0.275 e. The van der Waals surface area contributed by atoms with Crippen molar-refractivity contribution >= 4 is 21.4 Å². The molecule has 0 amide bonds. The van der Waals surface area contributed by atoms with E-state index in [0.29, 0.717) is 28.6 Å². The monoisotopic (exact) mass is 362 g/mol. The molecule has 2 N–H and O–H groups in total. The number of rotatable bonds is 6. The maximum Gasteiger partial charge on any atom is 0.275 e. The highest BCUT2D eigenvalue weighted by Crippen LogP contribution is 2.26. The van der Waals surface area contributed by atoms with Crippen LogP contribution in [0.15, 0.2) is 35.1 Å². The van der Waals surface area contributed by atoms with Crippen LogP contribution >= 0.6 is 11.3 Å². The second kappa shape index (κ2) is 7.28. The van der Waals surface area contributed by atoms with Crippen molar-refractivity contribution in [1.29, 1.82) is 0 Å². The Morgan fingerprint density at radius 3 is 2.80 bits per heavy atom. The van der Waals surface area contributed by atoms with Gasteiger partial charge in [-0.25, -0.2) is 9.37 Å². The van der Waals surface area contributed by atoms with Crippen molar-refractivity contribution in [1.82, 2.24) is 14.6 Å². The van der Waals surface area contributed by atoms with Crippen LogP contribution < -0.4 is 10.9 Å². The molecule has 0 bridgehead atoms. The van der Waals surface area contributed by atoms with E-state index in [9.17, 15) is 14.3 Å². The molecule has 1 aromatic carbocycles.